The van der Waals surface area contributed by atoms with Crippen molar-refractivity contribution < 1.29 is 4.42 Å². The molecule has 2 aromatic rings. The maximum Gasteiger partial charge on any atom is 0.315 e. The van der Waals surface area contributed by atoms with E-state index in [0.29, 0.717) is 18.5 Å². The fourth-order valence-electron chi connectivity index (χ4n) is 1.31. The van der Waals surface area contributed by atoms with E-state index >= 15 is 0 Å². The molecule has 0 spiro atoms. The highest BCUT2D eigenvalue weighted by Crippen LogP contribution is 2.15. The van der Waals surface area contributed by atoms with Gasteiger partial charge in [-0.3, -0.25) is 4.98 Å². The number of hydrogen-bond acceptors (Lipinski definition) is 5. The van der Waals surface area contributed by atoms with E-state index in [-0.39, 0.29) is 5.92 Å². The average molecular weight is 232 g/mol. The minimum absolute atomic E-state index is 0.246. The molecule has 0 aliphatic heterocycles. The van der Waals surface area contributed by atoms with E-state index < -0.39 is 0 Å². The predicted octanol–water partition coefficient (Wildman–Crippen LogP) is 2.51. The van der Waals surface area contributed by atoms with Gasteiger partial charge in [0.25, 0.3) is 0 Å². The Balaban J connectivity index is 1.95. The molecule has 0 fully saturated rings. The molecule has 0 saturated heterocycles. The molecule has 2 heterocycles. The number of nitrogens with zero attached hydrogens (tertiary/aromatic N) is 3. The summed E-state index contributed by atoms with van der Waals surface area (Å²) in [6, 6.07) is 4.44. The molecule has 0 amide bonds. The number of anilines is 1. The number of pyridine rings is 1. The Bertz CT molecular complexity index is 476. The van der Waals surface area contributed by atoms with Crippen LogP contribution in [0.5, 0.6) is 0 Å². The molecule has 0 radical (unpaired) electrons. The Morgan fingerprint density at radius 1 is 1.29 bits per heavy atom. The molecule has 0 aliphatic rings. The number of aromatic nitrogens is 3. The first-order valence-corrected chi connectivity index (χ1v) is 5.64. The van der Waals surface area contributed by atoms with Crippen molar-refractivity contribution in [1.29, 1.82) is 0 Å². The molecule has 0 aliphatic carbocycles. The van der Waals surface area contributed by atoms with Crippen molar-refractivity contribution >= 4 is 6.01 Å². The van der Waals surface area contributed by atoms with Gasteiger partial charge in [0.15, 0.2) is 0 Å². The van der Waals surface area contributed by atoms with Gasteiger partial charge in [0.05, 0.1) is 12.2 Å². The topological polar surface area (TPSA) is 63.8 Å². The Morgan fingerprint density at radius 2 is 2.12 bits per heavy atom. The van der Waals surface area contributed by atoms with Crippen LogP contribution in [0.1, 0.15) is 36.9 Å². The number of nitrogens with one attached hydrogen (secondary N) is 1. The second-order valence-corrected chi connectivity index (χ2v) is 4.28. The van der Waals surface area contributed by atoms with Crippen molar-refractivity contribution in [2.24, 2.45) is 0 Å². The van der Waals surface area contributed by atoms with Gasteiger partial charge in [-0.1, -0.05) is 25.0 Å². The fraction of sp³-hybridized carbons (Fsp3) is 0.417. The number of rotatable bonds is 4. The molecule has 5 heteroatoms. The molecule has 5 nitrogen and oxygen atoms in total. The molecule has 2 rings (SSSR count). The van der Waals surface area contributed by atoms with Crippen molar-refractivity contribution in [3.63, 3.8) is 0 Å². The maximum atomic E-state index is 5.43. The lowest BCUT2D eigenvalue weighted by molar-refractivity contribution is 0.480. The molecule has 0 atom stereocenters. The maximum absolute atomic E-state index is 5.43. The lowest BCUT2D eigenvalue weighted by atomic mass is 10.2. The van der Waals surface area contributed by atoms with Gasteiger partial charge >= 0.3 is 6.01 Å². The van der Waals surface area contributed by atoms with E-state index in [9.17, 15) is 0 Å². The highest BCUT2D eigenvalue weighted by atomic mass is 16.4. The van der Waals surface area contributed by atoms with Gasteiger partial charge in [-0.25, -0.2) is 0 Å². The van der Waals surface area contributed by atoms with Gasteiger partial charge in [0.1, 0.15) is 0 Å². The lowest BCUT2D eigenvalue weighted by Gasteiger charge is -2.01. The van der Waals surface area contributed by atoms with Gasteiger partial charge in [0.2, 0.25) is 5.89 Å². The van der Waals surface area contributed by atoms with Gasteiger partial charge < -0.3 is 9.73 Å². The van der Waals surface area contributed by atoms with Crippen LogP contribution >= 0.6 is 0 Å². The summed E-state index contributed by atoms with van der Waals surface area (Å²) in [4.78, 5) is 4.28. The summed E-state index contributed by atoms with van der Waals surface area (Å²) in [5.41, 5.74) is 2.09. The molecular formula is C12H16N4O. The van der Waals surface area contributed by atoms with Crippen LogP contribution in [0.25, 0.3) is 0 Å². The van der Waals surface area contributed by atoms with E-state index in [0.717, 1.165) is 11.3 Å². The van der Waals surface area contributed by atoms with Crippen LogP contribution in [-0.2, 0) is 6.54 Å². The average Bonchev–Trinajstić information content (AvgIpc) is 2.77. The molecule has 17 heavy (non-hydrogen) atoms. The zero-order chi connectivity index (χ0) is 12.3. The molecule has 90 valence electrons. The highest BCUT2D eigenvalue weighted by molar-refractivity contribution is 5.21. The number of hydrogen-bond donors (Lipinski definition) is 1. The van der Waals surface area contributed by atoms with E-state index in [1.54, 1.807) is 0 Å². The summed E-state index contributed by atoms with van der Waals surface area (Å²) in [5, 5.41) is 10.9. The zero-order valence-corrected chi connectivity index (χ0v) is 10.3. The van der Waals surface area contributed by atoms with Crippen LogP contribution in [0.15, 0.2) is 22.7 Å². The van der Waals surface area contributed by atoms with Crippen LogP contribution < -0.4 is 5.32 Å². The minimum Gasteiger partial charge on any atom is -0.408 e. The first kappa shape index (κ1) is 11.6. The second-order valence-electron chi connectivity index (χ2n) is 4.28. The van der Waals surface area contributed by atoms with Crippen molar-refractivity contribution in [3.05, 3.63) is 35.5 Å². The molecule has 2 aromatic heterocycles. The molecule has 1 N–H and O–H groups in total. The summed E-state index contributed by atoms with van der Waals surface area (Å²) in [6.45, 7) is 6.62. The third kappa shape index (κ3) is 3.03. The summed E-state index contributed by atoms with van der Waals surface area (Å²) >= 11 is 0. The van der Waals surface area contributed by atoms with Gasteiger partial charge in [0, 0.05) is 12.1 Å². The van der Waals surface area contributed by atoms with E-state index in [1.807, 2.05) is 39.1 Å². The summed E-state index contributed by atoms with van der Waals surface area (Å²) in [5.74, 6) is 0.889. The quantitative estimate of drug-likeness (QED) is 0.877. The monoisotopic (exact) mass is 232 g/mol. The smallest absolute Gasteiger partial charge is 0.315 e. The van der Waals surface area contributed by atoms with E-state index in [1.165, 1.54) is 0 Å². The van der Waals surface area contributed by atoms with Crippen LogP contribution in [0, 0.1) is 6.92 Å². The Kier molecular flexibility index (Phi) is 3.37. The first-order chi connectivity index (χ1) is 8.15. The lowest BCUT2D eigenvalue weighted by Crippen LogP contribution is -2.01. The third-order valence-electron chi connectivity index (χ3n) is 2.33. The standard InChI is InChI=1S/C12H16N4O/c1-8(2)11-15-16-12(17-11)14-7-10-5-4-9(3)6-13-10/h4-6,8H,7H2,1-3H3,(H,14,16). The molecule has 0 saturated carbocycles. The first-order valence-electron chi connectivity index (χ1n) is 5.64. The highest BCUT2D eigenvalue weighted by Gasteiger charge is 2.08. The molecule has 0 bridgehead atoms. The van der Waals surface area contributed by atoms with Crippen molar-refractivity contribution in [3.8, 4) is 0 Å². The SMILES string of the molecule is Cc1ccc(CNc2nnc(C(C)C)o2)nc1. The Hall–Kier alpha value is -1.91. The Morgan fingerprint density at radius 3 is 2.71 bits per heavy atom. The van der Waals surface area contributed by atoms with Crippen LogP contribution in [0.3, 0.4) is 0 Å². The van der Waals surface area contributed by atoms with Crippen molar-refractivity contribution in [2.75, 3.05) is 5.32 Å². The van der Waals surface area contributed by atoms with Crippen LogP contribution in [0.4, 0.5) is 6.01 Å². The second kappa shape index (κ2) is 4.95. The molecule has 0 aromatic carbocycles. The Labute approximate surface area is 100 Å². The zero-order valence-electron chi connectivity index (χ0n) is 10.3. The molecule has 0 unspecified atom stereocenters. The normalized spacial score (nSPS) is 10.8. The minimum atomic E-state index is 0.246. The summed E-state index contributed by atoms with van der Waals surface area (Å²) in [6.07, 6.45) is 1.84. The van der Waals surface area contributed by atoms with E-state index in [2.05, 4.69) is 20.5 Å². The predicted molar refractivity (Wildman–Crippen MR) is 64.7 cm³/mol. The summed E-state index contributed by atoms with van der Waals surface area (Å²) in [7, 11) is 0. The van der Waals surface area contributed by atoms with Crippen molar-refractivity contribution in [1.82, 2.24) is 15.2 Å². The largest absolute Gasteiger partial charge is 0.408 e. The van der Waals surface area contributed by atoms with E-state index in [4.69, 9.17) is 4.42 Å². The van der Waals surface area contributed by atoms with Gasteiger partial charge in [-0.15, -0.1) is 5.10 Å². The third-order valence-corrected chi connectivity index (χ3v) is 2.33. The number of aryl methyl sites for hydroxylation is 1. The van der Waals surface area contributed by atoms with Gasteiger partial charge in [-0.2, -0.15) is 0 Å². The fourth-order valence-corrected chi connectivity index (χ4v) is 1.31. The molecular weight excluding hydrogens is 216 g/mol. The van der Waals surface area contributed by atoms with Crippen molar-refractivity contribution in [2.45, 2.75) is 33.2 Å². The van der Waals surface area contributed by atoms with Crippen LogP contribution in [-0.4, -0.2) is 15.2 Å². The summed E-state index contributed by atoms with van der Waals surface area (Å²) < 4.78 is 5.43. The van der Waals surface area contributed by atoms with Crippen LogP contribution in [0.2, 0.25) is 0 Å². The van der Waals surface area contributed by atoms with Gasteiger partial charge in [-0.05, 0) is 18.6 Å².